The van der Waals surface area contributed by atoms with Crippen LogP contribution in [0.25, 0.3) is 0 Å². The number of hydrogen-bond acceptors (Lipinski definition) is 4. The topological polar surface area (TPSA) is 56.8 Å². The number of benzene rings is 2. The monoisotopic (exact) mass is 335 g/mol. The van der Waals surface area contributed by atoms with E-state index in [0.29, 0.717) is 28.8 Å². The summed E-state index contributed by atoms with van der Waals surface area (Å²) in [5.41, 5.74) is 0.500. The predicted molar refractivity (Wildman–Crippen MR) is 89.7 cm³/mol. The van der Waals surface area contributed by atoms with Crippen molar-refractivity contribution >= 4 is 23.2 Å². The highest BCUT2D eigenvalue weighted by atomic mass is 35.5. The Labute approximate surface area is 140 Å². The van der Waals surface area contributed by atoms with E-state index in [-0.39, 0.29) is 12.5 Å². The maximum absolute atomic E-state index is 12.0. The van der Waals surface area contributed by atoms with Gasteiger partial charge in [0.25, 0.3) is 5.91 Å². The van der Waals surface area contributed by atoms with Gasteiger partial charge in [0, 0.05) is 5.02 Å². The number of nitrogens with one attached hydrogen (secondary N) is 1. The number of carbonyl (C=O) groups is 1. The number of ether oxygens (including phenoxy) is 3. The minimum absolute atomic E-state index is 0.121. The lowest BCUT2D eigenvalue weighted by Crippen LogP contribution is -2.20. The fraction of sp³-hybridized carbons (Fsp3) is 0.235. The van der Waals surface area contributed by atoms with Crippen LogP contribution < -0.4 is 19.5 Å². The first-order valence-corrected chi connectivity index (χ1v) is 7.49. The van der Waals surface area contributed by atoms with E-state index in [1.807, 2.05) is 6.92 Å². The second kappa shape index (κ2) is 8.29. The van der Waals surface area contributed by atoms with Crippen LogP contribution in [0.3, 0.4) is 0 Å². The molecule has 5 nitrogen and oxygen atoms in total. The van der Waals surface area contributed by atoms with Crippen LogP contribution >= 0.6 is 11.6 Å². The summed E-state index contributed by atoms with van der Waals surface area (Å²) in [5.74, 6) is 1.57. The highest BCUT2D eigenvalue weighted by molar-refractivity contribution is 6.31. The van der Waals surface area contributed by atoms with Gasteiger partial charge in [-0.05, 0) is 49.4 Å². The summed E-state index contributed by atoms with van der Waals surface area (Å²) in [4.78, 5) is 12.0. The molecule has 6 heteroatoms. The molecule has 0 heterocycles. The molecule has 0 saturated carbocycles. The van der Waals surface area contributed by atoms with E-state index in [1.165, 1.54) is 7.11 Å². The maximum Gasteiger partial charge on any atom is 0.262 e. The van der Waals surface area contributed by atoms with E-state index in [4.69, 9.17) is 25.8 Å². The van der Waals surface area contributed by atoms with Crippen molar-refractivity contribution in [2.45, 2.75) is 6.92 Å². The zero-order chi connectivity index (χ0) is 16.7. The molecule has 0 aliphatic carbocycles. The van der Waals surface area contributed by atoms with Gasteiger partial charge in [0.1, 0.15) is 17.2 Å². The van der Waals surface area contributed by atoms with E-state index in [2.05, 4.69) is 5.32 Å². The molecule has 0 aromatic heterocycles. The number of halogens is 1. The predicted octanol–water partition coefficient (Wildman–Crippen LogP) is 3.76. The SMILES string of the molecule is CCOc1ccc(OCC(=O)Nc2cc(Cl)ccc2OC)cc1. The van der Waals surface area contributed by atoms with E-state index in [0.717, 1.165) is 5.75 Å². The molecule has 1 amide bonds. The van der Waals surface area contributed by atoms with E-state index < -0.39 is 0 Å². The first-order valence-electron chi connectivity index (χ1n) is 7.11. The van der Waals surface area contributed by atoms with Crippen LogP contribution in [0.2, 0.25) is 5.02 Å². The van der Waals surface area contributed by atoms with E-state index in [1.54, 1.807) is 42.5 Å². The molecule has 2 rings (SSSR count). The van der Waals surface area contributed by atoms with Crippen molar-refractivity contribution in [2.24, 2.45) is 0 Å². The third kappa shape index (κ3) is 5.07. The van der Waals surface area contributed by atoms with Crippen molar-refractivity contribution in [1.29, 1.82) is 0 Å². The molecule has 0 saturated heterocycles. The van der Waals surface area contributed by atoms with Gasteiger partial charge in [-0.25, -0.2) is 0 Å². The van der Waals surface area contributed by atoms with Crippen LogP contribution in [0.4, 0.5) is 5.69 Å². The second-order valence-corrected chi connectivity index (χ2v) is 5.02. The van der Waals surface area contributed by atoms with Crippen LogP contribution in [0, 0.1) is 0 Å². The molecule has 0 aliphatic rings. The summed E-state index contributed by atoms with van der Waals surface area (Å²) in [7, 11) is 1.52. The number of rotatable bonds is 7. The number of methoxy groups -OCH3 is 1. The summed E-state index contributed by atoms with van der Waals surface area (Å²) in [5, 5.41) is 3.21. The van der Waals surface area contributed by atoms with Crippen molar-refractivity contribution < 1.29 is 19.0 Å². The lowest BCUT2D eigenvalue weighted by atomic mass is 10.3. The third-order valence-electron chi connectivity index (χ3n) is 2.94. The maximum atomic E-state index is 12.0. The quantitative estimate of drug-likeness (QED) is 0.837. The summed E-state index contributed by atoms with van der Waals surface area (Å²) >= 11 is 5.92. The van der Waals surface area contributed by atoms with Gasteiger partial charge in [-0.15, -0.1) is 0 Å². The molecule has 23 heavy (non-hydrogen) atoms. The average molecular weight is 336 g/mol. The Kier molecular flexibility index (Phi) is 6.11. The number of amides is 1. The normalized spacial score (nSPS) is 10.0. The Morgan fingerprint density at radius 3 is 2.35 bits per heavy atom. The molecule has 122 valence electrons. The fourth-order valence-electron chi connectivity index (χ4n) is 1.91. The minimum Gasteiger partial charge on any atom is -0.495 e. The largest absolute Gasteiger partial charge is 0.495 e. The Morgan fingerprint density at radius 1 is 1.09 bits per heavy atom. The lowest BCUT2D eigenvalue weighted by Gasteiger charge is -2.11. The van der Waals surface area contributed by atoms with Crippen LogP contribution in [0.1, 0.15) is 6.92 Å². The molecule has 0 bridgehead atoms. The lowest BCUT2D eigenvalue weighted by molar-refractivity contribution is -0.118. The van der Waals surface area contributed by atoms with Gasteiger partial charge in [-0.3, -0.25) is 4.79 Å². The molecule has 0 aliphatic heterocycles. The standard InChI is InChI=1S/C17H18ClNO4/c1-3-22-13-5-7-14(8-6-13)23-11-17(20)19-15-10-12(18)4-9-16(15)21-2/h4-10H,3,11H2,1-2H3,(H,19,20). The molecule has 0 radical (unpaired) electrons. The van der Waals surface area contributed by atoms with E-state index >= 15 is 0 Å². The third-order valence-corrected chi connectivity index (χ3v) is 3.18. The van der Waals surface area contributed by atoms with Gasteiger partial charge in [-0.2, -0.15) is 0 Å². The van der Waals surface area contributed by atoms with Gasteiger partial charge in [0.2, 0.25) is 0 Å². The molecule has 1 N–H and O–H groups in total. The highest BCUT2D eigenvalue weighted by Crippen LogP contribution is 2.27. The number of hydrogen-bond donors (Lipinski definition) is 1. The molecule has 0 spiro atoms. The second-order valence-electron chi connectivity index (χ2n) is 4.59. The van der Waals surface area contributed by atoms with Crippen LogP contribution in [-0.4, -0.2) is 26.2 Å². The Bertz CT molecular complexity index is 658. The van der Waals surface area contributed by atoms with Crippen molar-refractivity contribution in [3.8, 4) is 17.2 Å². The average Bonchev–Trinajstić information content (AvgIpc) is 2.55. The van der Waals surface area contributed by atoms with Crippen LogP contribution in [0.15, 0.2) is 42.5 Å². The molecule has 2 aromatic carbocycles. The zero-order valence-electron chi connectivity index (χ0n) is 13.0. The summed E-state index contributed by atoms with van der Waals surface area (Å²) in [6, 6.07) is 12.1. The Morgan fingerprint density at radius 2 is 1.74 bits per heavy atom. The molecule has 0 atom stereocenters. The minimum atomic E-state index is -0.306. The molecule has 0 unspecified atom stereocenters. The van der Waals surface area contributed by atoms with Crippen molar-refractivity contribution in [2.75, 3.05) is 25.6 Å². The fourth-order valence-corrected chi connectivity index (χ4v) is 2.08. The molecular formula is C17H18ClNO4. The molecular weight excluding hydrogens is 318 g/mol. The summed E-state index contributed by atoms with van der Waals surface area (Å²) < 4.78 is 15.9. The van der Waals surface area contributed by atoms with Crippen LogP contribution in [-0.2, 0) is 4.79 Å². The Balaban J connectivity index is 1.91. The highest BCUT2D eigenvalue weighted by Gasteiger charge is 2.09. The van der Waals surface area contributed by atoms with Gasteiger partial charge in [0.05, 0.1) is 19.4 Å². The van der Waals surface area contributed by atoms with Crippen LogP contribution in [0.5, 0.6) is 17.2 Å². The number of carbonyl (C=O) groups excluding carboxylic acids is 1. The number of anilines is 1. The van der Waals surface area contributed by atoms with E-state index in [9.17, 15) is 4.79 Å². The first kappa shape index (κ1) is 17.0. The zero-order valence-corrected chi connectivity index (χ0v) is 13.7. The summed E-state index contributed by atoms with van der Waals surface area (Å²) in [6.07, 6.45) is 0. The summed E-state index contributed by atoms with van der Waals surface area (Å²) in [6.45, 7) is 2.40. The Hall–Kier alpha value is -2.40. The van der Waals surface area contributed by atoms with Crippen molar-refractivity contribution in [1.82, 2.24) is 0 Å². The van der Waals surface area contributed by atoms with Gasteiger partial charge in [0.15, 0.2) is 6.61 Å². The van der Waals surface area contributed by atoms with Crippen molar-refractivity contribution in [3.05, 3.63) is 47.5 Å². The van der Waals surface area contributed by atoms with Gasteiger partial charge in [-0.1, -0.05) is 11.6 Å². The molecule has 0 fully saturated rings. The van der Waals surface area contributed by atoms with Crippen molar-refractivity contribution in [3.63, 3.8) is 0 Å². The van der Waals surface area contributed by atoms with Gasteiger partial charge >= 0.3 is 0 Å². The van der Waals surface area contributed by atoms with Gasteiger partial charge < -0.3 is 19.5 Å². The molecule has 2 aromatic rings. The smallest absolute Gasteiger partial charge is 0.262 e. The first-order chi connectivity index (χ1) is 11.1.